The van der Waals surface area contributed by atoms with E-state index < -0.39 is 6.10 Å². The van der Waals surface area contributed by atoms with Crippen LogP contribution in [-0.4, -0.2) is 14.9 Å². The Morgan fingerprint density at radius 3 is 2.74 bits per heavy atom. The first-order valence-electron chi connectivity index (χ1n) is 6.96. The van der Waals surface area contributed by atoms with Gasteiger partial charge < -0.3 is 5.11 Å². The first-order valence-corrected chi connectivity index (χ1v) is 6.96. The van der Waals surface area contributed by atoms with Gasteiger partial charge in [0.1, 0.15) is 0 Å². The van der Waals surface area contributed by atoms with Crippen LogP contribution in [0.25, 0.3) is 0 Å². The Hall–Kier alpha value is -1.61. The van der Waals surface area contributed by atoms with Gasteiger partial charge in [-0.2, -0.15) is 5.10 Å². The van der Waals surface area contributed by atoms with Crippen LogP contribution in [0.5, 0.6) is 0 Å². The molecule has 19 heavy (non-hydrogen) atoms. The number of aliphatic hydroxyl groups is 1. The van der Waals surface area contributed by atoms with Gasteiger partial charge >= 0.3 is 0 Å². The van der Waals surface area contributed by atoms with Gasteiger partial charge in [-0.1, -0.05) is 37.3 Å². The summed E-state index contributed by atoms with van der Waals surface area (Å²) in [7, 11) is 1.91. The zero-order valence-electron chi connectivity index (χ0n) is 11.5. The highest BCUT2D eigenvalue weighted by atomic mass is 16.3. The van der Waals surface area contributed by atoms with Gasteiger partial charge in [-0.25, -0.2) is 0 Å². The molecule has 1 aliphatic rings. The monoisotopic (exact) mass is 256 g/mol. The molecule has 0 aliphatic heterocycles. The lowest BCUT2D eigenvalue weighted by Gasteiger charge is -2.10. The molecule has 1 aliphatic carbocycles. The van der Waals surface area contributed by atoms with E-state index >= 15 is 0 Å². The number of rotatable bonds is 4. The number of hydrogen-bond acceptors (Lipinski definition) is 2. The summed E-state index contributed by atoms with van der Waals surface area (Å²) >= 11 is 0. The third-order valence-electron chi connectivity index (χ3n) is 4.10. The summed E-state index contributed by atoms with van der Waals surface area (Å²) in [5, 5.41) is 14.9. The van der Waals surface area contributed by atoms with Crippen LogP contribution in [0.15, 0.2) is 36.4 Å². The molecule has 3 unspecified atom stereocenters. The molecule has 1 N–H and O–H groups in total. The molecule has 2 aromatic rings. The van der Waals surface area contributed by atoms with Crippen molar-refractivity contribution in [3.8, 4) is 0 Å². The highest BCUT2D eigenvalue weighted by molar-refractivity contribution is 5.28. The van der Waals surface area contributed by atoms with Crippen molar-refractivity contribution in [2.75, 3.05) is 0 Å². The topological polar surface area (TPSA) is 38.0 Å². The molecular weight excluding hydrogens is 236 g/mol. The lowest BCUT2D eigenvalue weighted by Crippen LogP contribution is -2.07. The van der Waals surface area contributed by atoms with E-state index in [-0.39, 0.29) is 0 Å². The van der Waals surface area contributed by atoms with E-state index in [1.54, 1.807) is 0 Å². The molecule has 0 bridgehead atoms. The molecule has 1 aromatic heterocycles. The number of benzene rings is 1. The lowest BCUT2D eigenvalue weighted by atomic mass is 10.0. The van der Waals surface area contributed by atoms with E-state index in [9.17, 15) is 5.11 Å². The SMILES string of the molecule is CCc1cc(C(O)C2CC2c2ccccc2)n(C)n1. The van der Waals surface area contributed by atoms with E-state index in [4.69, 9.17) is 0 Å². The van der Waals surface area contributed by atoms with Crippen molar-refractivity contribution >= 4 is 0 Å². The first-order chi connectivity index (χ1) is 9.20. The van der Waals surface area contributed by atoms with Crippen molar-refractivity contribution in [2.24, 2.45) is 13.0 Å². The van der Waals surface area contributed by atoms with Crippen LogP contribution in [0.2, 0.25) is 0 Å². The second kappa shape index (κ2) is 4.82. The maximum atomic E-state index is 10.5. The van der Waals surface area contributed by atoms with Crippen LogP contribution in [0.3, 0.4) is 0 Å². The minimum atomic E-state index is -0.400. The number of nitrogens with zero attached hydrogens (tertiary/aromatic N) is 2. The second-order valence-corrected chi connectivity index (χ2v) is 5.40. The van der Waals surface area contributed by atoms with E-state index in [0.717, 1.165) is 24.2 Å². The zero-order valence-corrected chi connectivity index (χ0v) is 11.5. The lowest BCUT2D eigenvalue weighted by molar-refractivity contribution is 0.142. The fraction of sp³-hybridized carbons (Fsp3) is 0.438. The maximum Gasteiger partial charge on any atom is 0.0990 e. The van der Waals surface area contributed by atoms with Crippen molar-refractivity contribution in [3.05, 3.63) is 53.3 Å². The highest BCUT2D eigenvalue weighted by Gasteiger charge is 2.44. The van der Waals surface area contributed by atoms with Gasteiger partial charge in [0, 0.05) is 7.05 Å². The Kier molecular flexibility index (Phi) is 3.15. The molecule has 1 heterocycles. The molecule has 3 atom stereocenters. The predicted octanol–water partition coefficient (Wildman–Crippen LogP) is 2.82. The quantitative estimate of drug-likeness (QED) is 0.913. The van der Waals surface area contributed by atoms with Gasteiger partial charge in [0.15, 0.2) is 0 Å². The summed E-state index contributed by atoms with van der Waals surface area (Å²) in [6, 6.07) is 12.5. The fourth-order valence-electron chi connectivity index (χ4n) is 2.86. The van der Waals surface area contributed by atoms with Crippen molar-refractivity contribution in [1.29, 1.82) is 0 Å². The number of aryl methyl sites for hydroxylation is 2. The molecule has 3 nitrogen and oxygen atoms in total. The summed E-state index contributed by atoms with van der Waals surface area (Å²) in [6.07, 6.45) is 1.58. The molecule has 1 saturated carbocycles. The molecular formula is C16H20N2O. The number of aromatic nitrogens is 2. The number of hydrogen-bond donors (Lipinski definition) is 1. The van der Waals surface area contributed by atoms with Crippen LogP contribution in [0, 0.1) is 5.92 Å². The molecule has 3 heteroatoms. The molecule has 3 rings (SSSR count). The zero-order chi connectivity index (χ0) is 13.4. The third kappa shape index (κ3) is 2.30. The smallest absolute Gasteiger partial charge is 0.0990 e. The average Bonchev–Trinajstić information content (AvgIpc) is 3.16. The second-order valence-electron chi connectivity index (χ2n) is 5.40. The predicted molar refractivity (Wildman–Crippen MR) is 74.8 cm³/mol. The van der Waals surface area contributed by atoms with Crippen LogP contribution >= 0.6 is 0 Å². The summed E-state index contributed by atoms with van der Waals surface area (Å²) in [6.45, 7) is 2.09. The molecule has 0 amide bonds. The van der Waals surface area contributed by atoms with Crippen LogP contribution in [0.1, 0.15) is 42.3 Å². The summed E-state index contributed by atoms with van der Waals surface area (Å²) in [5.74, 6) is 0.832. The Morgan fingerprint density at radius 1 is 1.37 bits per heavy atom. The van der Waals surface area contributed by atoms with Gasteiger partial charge in [0.05, 0.1) is 17.5 Å². The van der Waals surface area contributed by atoms with Gasteiger partial charge in [0.25, 0.3) is 0 Å². The van der Waals surface area contributed by atoms with E-state index in [1.807, 2.05) is 23.9 Å². The molecule has 100 valence electrons. The first kappa shape index (κ1) is 12.4. The summed E-state index contributed by atoms with van der Waals surface area (Å²) in [4.78, 5) is 0. The van der Waals surface area contributed by atoms with Crippen molar-refractivity contribution < 1.29 is 5.11 Å². The minimum Gasteiger partial charge on any atom is -0.387 e. The molecule has 0 radical (unpaired) electrons. The molecule has 0 saturated heterocycles. The molecule has 0 spiro atoms. The summed E-state index contributed by atoms with van der Waals surface area (Å²) < 4.78 is 1.82. The van der Waals surface area contributed by atoms with Crippen molar-refractivity contribution in [3.63, 3.8) is 0 Å². The Morgan fingerprint density at radius 2 is 2.11 bits per heavy atom. The number of aliphatic hydroxyl groups excluding tert-OH is 1. The van der Waals surface area contributed by atoms with Crippen LogP contribution < -0.4 is 0 Å². The third-order valence-corrected chi connectivity index (χ3v) is 4.10. The van der Waals surface area contributed by atoms with Gasteiger partial charge in [-0.15, -0.1) is 0 Å². The average molecular weight is 256 g/mol. The Labute approximate surface area is 113 Å². The van der Waals surface area contributed by atoms with Gasteiger partial charge in [-0.3, -0.25) is 4.68 Å². The van der Waals surface area contributed by atoms with Gasteiger partial charge in [0.2, 0.25) is 0 Å². The minimum absolute atomic E-state index is 0.336. The largest absolute Gasteiger partial charge is 0.387 e. The standard InChI is InChI=1S/C16H20N2O/c1-3-12-9-15(18(2)17-12)16(19)14-10-13(14)11-7-5-4-6-8-11/h4-9,13-14,16,19H,3,10H2,1-2H3. The van der Waals surface area contributed by atoms with Gasteiger partial charge in [-0.05, 0) is 36.3 Å². The maximum absolute atomic E-state index is 10.5. The Bertz CT molecular complexity index is 561. The summed E-state index contributed by atoms with van der Waals surface area (Å²) in [5.41, 5.74) is 3.33. The highest BCUT2D eigenvalue weighted by Crippen LogP contribution is 2.53. The molecule has 1 aromatic carbocycles. The molecule has 1 fully saturated rings. The van der Waals surface area contributed by atoms with E-state index in [1.165, 1.54) is 5.56 Å². The Balaban J connectivity index is 1.76. The van der Waals surface area contributed by atoms with E-state index in [2.05, 4.69) is 36.3 Å². The normalized spacial score (nSPS) is 23.3. The van der Waals surface area contributed by atoms with Crippen molar-refractivity contribution in [1.82, 2.24) is 9.78 Å². The van der Waals surface area contributed by atoms with Crippen LogP contribution in [-0.2, 0) is 13.5 Å². The van der Waals surface area contributed by atoms with E-state index in [0.29, 0.717) is 11.8 Å². The van der Waals surface area contributed by atoms with Crippen molar-refractivity contribution in [2.45, 2.75) is 31.8 Å². The van der Waals surface area contributed by atoms with Crippen LogP contribution in [0.4, 0.5) is 0 Å². The fourth-order valence-corrected chi connectivity index (χ4v) is 2.86.